The van der Waals surface area contributed by atoms with Crippen molar-refractivity contribution in [3.05, 3.63) is 0 Å². The first-order valence-electron chi connectivity index (χ1n) is 5.30. The zero-order valence-electron chi connectivity index (χ0n) is 8.74. The Kier molecular flexibility index (Phi) is 5.15. The molecule has 1 unspecified atom stereocenters. The second kappa shape index (κ2) is 6.17. The van der Waals surface area contributed by atoms with Crippen LogP contribution in [0.5, 0.6) is 0 Å². The Morgan fingerprint density at radius 3 is 3.00 bits per heavy atom. The normalized spacial score (nSPS) is 21.3. The number of ether oxygens (including phenoxy) is 1. The Morgan fingerprint density at radius 1 is 1.64 bits per heavy atom. The number of rotatable bonds is 4. The molecule has 1 rings (SSSR count). The first kappa shape index (κ1) is 11.7. The van der Waals surface area contributed by atoms with Gasteiger partial charge in [-0.25, -0.2) is 4.79 Å². The van der Waals surface area contributed by atoms with E-state index in [0.717, 1.165) is 38.1 Å². The van der Waals surface area contributed by atoms with Gasteiger partial charge in [-0.2, -0.15) is 12.6 Å². The predicted octanol–water partition coefficient (Wildman–Crippen LogP) is 2.17. The highest BCUT2D eigenvalue weighted by atomic mass is 32.1. The summed E-state index contributed by atoms with van der Waals surface area (Å²) >= 11 is 4.23. The van der Waals surface area contributed by atoms with Gasteiger partial charge < -0.3 is 9.64 Å². The summed E-state index contributed by atoms with van der Waals surface area (Å²) in [5.74, 6) is 1.41. The lowest BCUT2D eigenvalue weighted by atomic mass is 10.2. The first-order chi connectivity index (χ1) is 6.77. The zero-order valence-corrected chi connectivity index (χ0v) is 9.63. The van der Waals surface area contributed by atoms with Gasteiger partial charge in [-0.05, 0) is 24.5 Å². The zero-order chi connectivity index (χ0) is 10.4. The van der Waals surface area contributed by atoms with E-state index in [4.69, 9.17) is 4.74 Å². The minimum absolute atomic E-state index is 0.150. The quantitative estimate of drug-likeness (QED) is 0.578. The van der Waals surface area contributed by atoms with Crippen molar-refractivity contribution in [1.29, 1.82) is 0 Å². The number of unbranched alkanes of at least 4 members (excludes halogenated alkanes) is 1. The van der Waals surface area contributed by atoms with Crippen molar-refractivity contribution in [2.45, 2.75) is 26.2 Å². The van der Waals surface area contributed by atoms with Crippen LogP contribution in [0.3, 0.4) is 0 Å². The number of hydrogen-bond acceptors (Lipinski definition) is 3. The highest BCUT2D eigenvalue weighted by Gasteiger charge is 2.25. The molecule has 4 heteroatoms. The summed E-state index contributed by atoms with van der Waals surface area (Å²) in [5, 5.41) is 0. The molecule has 3 nitrogen and oxygen atoms in total. The number of nitrogens with zero attached hydrogens (tertiary/aromatic N) is 1. The van der Waals surface area contributed by atoms with Gasteiger partial charge in [0, 0.05) is 13.1 Å². The second-order valence-electron chi connectivity index (χ2n) is 3.75. The van der Waals surface area contributed by atoms with Crippen molar-refractivity contribution in [2.75, 3.05) is 25.4 Å². The topological polar surface area (TPSA) is 29.5 Å². The third-order valence-electron chi connectivity index (χ3n) is 2.53. The van der Waals surface area contributed by atoms with Gasteiger partial charge in [0.1, 0.15) is 0 Å². The summed E-state index contributed by atoms with van der Waals surface area (Å²) < 4.78 is 5.12. The van der Waals surface area contributed by atoms with Gasteiger partial charge >= 0.3 is 6.09 Å². The molecular formula is C10H19NO2S. The molecule has 82 valence electrons. The first-order valence-corrected chi connectivity index (χ1v) is 5.93. The molecule has 0 aromatic carbocycles. The third-order valence-corrected chi connectivity index (χ3v) is 3.04. The molecule has 1 fully saturated rings. The third kappa shape index (κ3) is 3.40. The van der Waals surface area contributed by atoms with Crippen molar-refractivity contribution in [3.63, 3.8) is 0 Å². The largest absolute Gasteiger partial charge is 0.449 e. The Balaban J connectivity index is 2.18. The number of carbonyl (C=O) groups is 1. The molecule has 1 heterocycles. The lowest BCUT2D eigenvalue weighted by molar-refractivity contribution is 0.108. The van der Waals surface area contributed by atoms with Gasteiger partial charge in [-0.1, -0.05) is 13.3 Å². The van der Waals surface area contributed by atoms with E-state index in [-0.39, 0.29) is 6.09 Å². The molecule has 1 aliphatic heterocycles. The molecule has 0 radical (unpaired) electrons. The smallest absolute Gasteiger partial charge is 0.409 e. The maximum atomic E-state index is 11.5. The van der Waals surface area contributed by atoms with Crippen LogP contribution in [0.25, 0.3) is 0 Å². The maximum Gasteiger partial charge on any atom is 0.409 e. The van der Waals surface area contributed by atoms with Crippen LogP contribution >= 0.6 is 12.6 Å². The van der Waals surface area contributed by atoms with Gasteiger partial charge in [0.05, 0.1) is 6.61 Å². The fourth-order valence-corrected chi connectivity index (χ4v) is 1.84. The summed E-state index contributed by atoms with van der Waals surface area (Å²) in [6.45, 7) is 4.28. The Hall–Kier alpha value is -0.380. The molecule has 0 spiro atoms. The fourth-order valence-electron chi connectivity index (χ4n) is 1.54. The van der Waals surface area contributed by atoms with Crippen LogP contribution in [-0.2, 0) is 4.74 Å². The van der Waals surface area contributed by atoms with Crippen molar-refractivity contribution >= 4 is 18.7 Å². The van der Waals surface area contributed by atoms with Crippen LogP contribution < -0.4 is 0 Å². The highest BCUT2D eigenvalue weighted by molar-refractivity contribution is 7.80. The van der Waals surface area contributed by atoms with Gasteiger partial charge in [-0.15, -0.1) is 0 Å². The lowest BCUT2D eigenvalue weighted by Crippen LogP contribution is -2.29. The summed E-state index contributed by atoms with van der Waals surface area (Å²) in [6, 6.07) is 0. The molecule has 1 atom stereocenters. The molecule has 0 N–H and O–H groups in total. The lowest BCUT2D eigenvalue weighted by Gasteiger charge is -2.15. The number of carbonyl (C=O) groups excluding carboxylic acids is 1. The van der Waals surface area contributed by atoms with Gasteiger partial charge in [0.25, 0.3) is 0 Å². The second-order valence-corrected chi connectivity index (χ2v) is 4.12. The van der Waals surface area contributed by atoms with E-state index in [0.29, 0.717) is 12.5 Å². The van der Waals surface area contributed by atoms with Gasteiger partial charge in [-0.3, -0.25) is 0 Å². The molecule has 0 saturated carbocycles. The summed E-state index contributed by atoms with van der Waals surface area (Å²) in [7, 11) is 0. The monoisotopic (exact) mass is 217 g/mol. The summed E-state index contributed by atoms with van der Waals surface area (Å²) in [4.78, 5) is 13.2. The number of likely N-dealkylation sites (tertiary alicyclic amines) is 1. The Bertz CT molecular complexity index is 187. The molecule has 0 aromatic heterocycles. The van der Waals surface area contributed by atoms with Crippen molar-refractivity contribution in [2.24, 2.45) is 5.92 Å². The molecule has 1 amide bonds. The SMILES string of the molecule is CCCCOC(=O)N1CCC(CS)C1. The van der Waals surface area contributed by atoms with Crippen LogP contribution in [0.2, 0.25) is 0 Å². The van der Waals surface area contributed by atoms with Gasteiger partial charge in [0.15, 0.2) is 0 Å². The number of hydrogen-bond donors (Lipinski definition) is 1. The fraction of sp³-hybridized carbons (Fsp3) is 0.900. The number of amides is 1. The van der Waals surface area contributed by atoms with Crippen molar-refractivity contribution in [1.82, 2.24) is 4.90 Å². The molecule has 1 aliphatic rings. The molecule has 1 saturated heterocycles. The van der Waals surface area contributed by atoms with E-state index < -0.39 is 0 Å². The predicted molar refractivity (Wildman–Crippen MR) is 59.8 cm³/mol. The molecular weight excluding hydrogens is 198 g/mol. The summed E-state index contributed by atoms with van der Waals surface area (Å²) in [6.07, 6.45) is 2.93. The Morgan fingerprint density at radius 2 is 2.43 bits per heavy atom. The minimum atomic E-state index is -0.150. The van der Waals surface area contributed by atoms with Gasteiger partial charge in [0.2, 0.25) is 0 Å². The standard InChI is InChI=1S/C10H19NO2S/c1-2-3-6-13-10(12)11-5-4-9(7-11)8-14/h9,14H,2-8H2,1H3. The van der Waals surface area contributed by atoms with E-state index in [2.05, 4.69) is 19.6 Å². The van der Waals surface area contributed by atoms with E-state index in [9.17, 15) is 4.79 Å². The maximum absolute atomic E-state index is 11.5. The molecule has 14 heavy (non-hydrogen) atoms. The van der Waals surface area contributed by atoms with E-state index in [1.165, 1.54) is 0 Å². The minimum Gasteiger partial charge on any atom is -0.449 e. The molecule has 0 bridgehead atoms. The van der Waals surface area contributed by atoms with Crippen LogP contribution in [0.15, 0.2) is 0 Å². The average molecular weight is 217 g/mol. The molecule has 0 aliphatic carbocycles. The highest BCUT2D eigenvalue weighted by Crippen LogP contribution is 2.17. The van der Waals surface area contributed by atoms with Crippen molar-refractivity contribution < 1.29 is 9.53 Å². The average Bonchev–Trinajstić information content (AvgIpc) is 2.66. The van der Waals surface area contributed by atoms with E-state index in [1.807, 2.05) is 0 Å². The van der Waals surface area contributed by atoms with Crippen LogP contribution in [-0.4, -0.2) is 36.4 Å². The van der Waals surface area contributed by atoms with E-state index in [1.54, 1.807) is 4.90 Å². The van der Waals surface area contributed by atoms with Crippen LogP contribution in [0.1, 0.15) is 26.2 Å². The van der Waals surface area contributed by atoms with Crippen molar-refractivity contribution in [3.8, 4) is 0 Å². The number of thiol groups is 1. The van der Waals surface area contributed by atoms with Crippen LogP contribution in [0, 0.1) is 5.92 Å². The molecule has 0 aromatic rings. The van der Waals surface area contributed by atoms with Crippen LogP contribution in [0.4, 0.5) is 4.79 Å². The summed E-state index contributed by atoms with van der Waals surface area (Å²) in [5.41, 5.74) is 0. The van der Waals surface area contributed by atoms with E-state index >= 15 is 0 Å². The Labute approximate surface area is 91.2 Å².